The zero-order valence-corrected chi connectivity index (χ0v) is 13.9. The van der Waals surface area contributed by atoms with E-state index in [-0.39, 0.29) is 16.8 Å². The number of ether oxygens (including phenoxy) is 2. The fourth-order valence-electron chi connectivity index (χ4n) is 3.55. The maximum Gasteiger partial charge on any atom is 0.306 e. The van der Waals surface area contributed by atoms with Crippen molar-refractivity contribution in [3.8, 4) is 0 Å². The van der Waals surface area contributed by atoms with E-state index in [2.05, 4.69) is 27.7 Å². The van der Waals surface area contributed by atoms with E-state index in [4.69, 9.17) is 9.47 Å². The SMILES string of the molecule is CC(C)(CCC(C)(C)C1COC(O)C1)C1CCOC(=O)C1. The highest BCUT2D eigenvalue weighted by Gasteiger charge is 2.39. The number of rotatable bonds is 5. The Hall–Kier alpha value is -0.610. The van der Waals surface area contributed by atoms with Crippen LogP contribution in [-0.4, -0.2) is 30.6 Å². The second kappa shape index (κ2) is 6.25. The molecule has 3 atom stereocenters. The van der Waals surface area contributed by atoms with Crippen molar-refractivity contribution in [3.63, 3.8) is 0 Å². The molecule has 0 aromatic heterocycles. The predicted octanol–water partition coefficient (Wildman–Crippen LogP) is 3.13. The van der Waals surface area contributed by atoms with Crippen LogP contribution in [0.3, 0.4) is 0 Å². The molecule has 2 rings (SSSR count). The van der Waals surface area contributed by atoms with Gasteiger partial charge in [0, 0.05) is 12.8 Å². The molecule has 0 aromatic carbocycles. The lowest BCUT2D eigenvalue weighted by molar-refractivity contribution is -0.151. The molecular weight excluding hydrogens is 268 g/mol. The smallest absolute Gasteiger partial charge is 0.306 e. The van der Waals surface area contributed by atoms with Crippen LogP contribution in [0, 0.1) is 22.7 Å². The number of aliphatic hydroxyl groups is 1. The van der Waals surface area contributed by atoms with Gasteiger partial charge in [-0.15, -0.1) is 0 Å². The lowest BCUT2D eigenvalue weighted by Gasteiger charge is -2.40. The van der Waals surface area contributed by atoms with Crippen molar-refractivity contribution in [1.29, 1.82) is 0 Å². The molecule has 0 spiro atoms. The molecule has 21 heavy (non-hydrogen) atoms. The van der Waals surface area contributed by atoms with Crippen molar-refractivity contribution >= 4 is 5.97 Å². The second-order valence-corrected chi connectivity index (χ2v) is 8.11. The molecule has 122 valence electrons. The average Bonchev–Trinajstić information content (AvgIpc) is 2.84. The van der Waals surface area contributed by atoms with Crippen LogP contribution in [0.5, 0.6) is 0 Å². The zero-order chi connectivity index (χ0) is 15.7. The quantitative estimate of drug-likeness (QED) is 0.792. The third-order valence-corrected chi connectivity index (χ3v) is 5.74. The Morgan fingerprint density at radius 3 is 2.29 bits per heavy atom. The van der Waals surface area contributed by atoms with Crippen LogP contribution in [-0.2, 0) is 14.3 Å². The monoisotopic (exact) mass is 298 g/mol. The van der Waals surface area contributed by atoms with Crippen LogP contribution in [0.25, 0.3) is 0 Å². The fourth-order valence-corrected chi connectivity index (χ4v) is 3.55. The standard InChI is InChI=1S/C17H30O4/c1-16(2,12-5-8-20-14(18)9-12)6-7-17(3,4)13-10-15(19)21-11-13/h12-13,15,19H,5-11H2,1-4H3. The molecule has 2 saturated heterocycles. The van der Waals surface area contributed by atoms with Gasteiger partial charge < -0.3 is 14.6 Å². The maximum atomic E-state index is 11.5. The molecule has 2 aliphatic heterocycles. The molecule has 0 amide bonds. The Kier molecular flexibility index (Phi) is 4.99. The van der Waals surface area contributed by atoms with E-state index in [1.54, 1.807) is 0 Å². The lowest BCUT2D eigenvalue weighted by atomic mass is 9.66. The third kappa shape index (κ3) is 4.19. The zero-order valence-electron chi connectivity index (χ0n) is 13.9. The summed E-state index contributed by atoms with van der Waals surface area (Å²) in [5.74, 6) is 0.783. The van der Waals surface area contributed by atoms with Crippen molar-refractivity contribution in [2.75, 3.05) is 13.2 Å². The summed E-state index contributed by atoms with van der Waals surface area (Å²) in [4.78, 5) is 11.5. The molecule has 0 saturated carbocycles. The van der Waals surface area contributed by atoms with Gasteiger partial charge >= 0.3 is 5.97 Å². The highest BCUT2D eigenvalue weighted by molar-refractivity contribution is 5.70. The van der Waals surface area contributed by atoms with Gasteiger partial charge in [-0.2, -0.15) is 0 Å². The first-order valence-electron chi connectivity index (χ1n) is 8.16. The number of aliphatic hydroxyl groups excluding tert-OH is 1. The van der Waals surface area contributed by atoms with Gasteiger partial charge in [0.15, 0.2) is 6.29 Å². The van der Waals surface area contributed by atoms with Gasteiger partial charge in [-0.1, -0.05) is 27.7 Å². The minimum atomic E-state index is -0.588. The Bertz CT molecular complexity index is 375. The van der Waals surface area contributed by atoms with Crippen molar-refractivity contribution in [3.05, 3.63) is 0 Å². The van der Waals surface area contributed by atoms with Crippen LogP contribution >= 0.6 is 0 Å². The highest BCUT2D eigenvalue weighted by Crippen LogP contribution is 2.45. The van der Waals surface area contributed by atoms with Gasteiger partial charge in [0.1, 0.15) is 0 Å². The molecule has 3 unspecified atom stereocenters. The van der Waals surface area contributed by atoms with Crippen LogP contribution < -0.4 is 0 Å². The number of cyclic esters (lactones) is 1. The lowest BCUT2D eigenvalue weighted by Crippen LogP contribution is -2.34. The highest BCUT2D eigenvalue weighted by atomic mass is 16.6. The molecule has 4 nitrogen and oxygen atoms in total. The largest absolute Gasteiger partial charge is 0.466 e. The predicted molar refractivity (Wildman–Crippen MR) is 80.5 cm³/mol. The van der Waals surface area contributed by atoms with Crippen LogP contribution in [0.1, 0.15) is 59.8 Å². The van der Waals surface area contributed by atoms with E-state index in [9.17, 15) is 9.90 Å². The van der Waals surface area contributed by atoms with Crippen molar-refractivity contribution in [2.24, 2.45) is 22.7 Å². The Morgan fingerprint density at radius 2 is 1.76 bits per heavy atom. The van der Waals surface area contributed by atoms with E-state index in [1.165, 1.54) is 0 Å². The molecule has 2 fully saturated rings. The first-order chi connectivity index (χ1) is 9.71. The summed E-state index contributed by atoms with van der Waals surface area (Å²) in [6, 6.07) is 0. The van der Waals surface area contributed by atoms with Crippen LogP contribution in [0.4, 0.5) is 0 Å². The molecule has 0 bridgehead atoms. The summed E-state index contributed by atoms with van der Waals surface area (Å²) in [6.45, 7) is 10.3. The van der Waals surface area contributed by atoms with E-state index >= 15 is 0 Å². The first kappa shape index (κ1) is 16.8. The summed E-state index contributed by atoms with van der Waals surface area (Å²) in [7, 11) is 0. The minimum Gasteiger partial charge on any atom is -0.466 e. The van der Waals surface area contributed by atoms with Crippen LogP contribution in [0.2, 0.25) is 0 Å². The second-order valence-electron chi connectivity index (χ2n) is 8.11. The molecule has 0 aromatic rings. The molecular formula is C17H30O4. The van der Waals surface area contributed by atoms with Gasteiger partial charge in [-0.05, 0) is 41.9 Å². The number of esters is 1. The van der Waals surface area contributed by atoms with Gasteiger partial charge in [0.05, 0.1) is 13.2 Å². The van der Waals surface area contributed by atoms with E-state index in [0.717, 1.165) is 25.7 Å². The molecule has 4 heteroatoms. The topological polar surface area (TPSA) is 55.8 Å². The van der Waals surface area contributed by atoms with Crippen molar-refractivity contribution in [1.82, 2.24) is 0 Å². The fraction of sp³-hybridized carbons (Fsp3) is 0.941. The number of hydrogen-bond acceptors (Lipinski definition) is 4. The summed E-state index contributed by atoms with van der Waals surface area (Å²) < 4.78 is 10.4. The number of carbonyl (C=O) groups is 1. The summed E-state index contributed by atoms with van der Waals surface area (Å²) >= 11 is 0. The van der Waals surface area contributed by atoms with E-state index < -0.39 is 6.29 Å². The Labute approximate surface area is 128 Å². The maximum absolute atomic E-state index is 11.5. The Balaban J connectivity index is 1.89. The molecule has 0 radical (unpaired) electrons. The van der Waals surface area contributed by atoms with Gasteiger partial charge in [0.2, 0.25) is 0 Å². The summed E-state index contributed by atoms with van der Waals surface area (Å²) in [5, 5.41) is 9.55. The van der Waals surface area contributed by atoms with Crippen LogP contribution in [0.15, 0.2) is 0 Å². The van der Waals surface area contributed by atoms with E-state index in [0.29, 0.717) is 31.5 Å². The van der Waals surface area contributed by atoms with Gasteiger partial charge in [-0.25, -0.2) is 0 Å². The van der Waals surface area contributed by atoms with Crippen molar-refractivity contribution in [2.45, 2.75) is 66.1 Å². The average molecular weight is 298 g/mol. The normalized spacial score (nSPS) is 31.3. The van der Waals surface area contributed by atoms with Gasteiger partial charge in [0.25, 0.3) is 0 Å². The minimum absolute atomic E-state index is 0.0501. The molecule has 2 heterocycles. The molecule has 2 aliphatic rings. The number of carbonyl (C=O) groups excluding carboxylic acids is 1. The third-order valence-electron chi connectivity index (χ3n) is 5.74. The van der Waals surface area contributed by atoms with Crippen molar-refractivity contribution < 1.29 is 19.4 Å². The first-order valence-corrected chi connectivity index (χ1v) is 8.16. The summed E-state index contributed by atoms with van der Waals surface area (Å²) in [5.41, 5.74) is 0.304. The summed E-state index contributed by atoms with van der Waals surface area (Å²) in [6.07, 6.45) is 3.86. The van der Waals surface area contributed by atoms with E-state index in [1.807, 2.05) is 0 Å². The van der Waals surface area contributed by atoms with Gasteiger partial charge in [-0.3, -0.25) is 4.79 Å². The Morgan fingerprint density at radius 1 is 1.14 bits per heavy atom. The molecule has 1 N–H and O–H groups in total. The number of hydrogen-bond donors (Lipinski definition) is 1. The molecule has 0 aliphatic carbocycles.